The Morgan fingerprint density at radius 1 is 0.939 bits per heavy atom. The molecule has 172 valence electrons. The Morgan fingerprint density at radius 3 is 2.21 bits per heavy atom. The number of alkyl halides is 3. The number of hydrogen-bond acceptors (Lipinski definition) is 3. The maximum Gasteiger partial charge on any atom is 0.573 e. The van der Waals surface area contributed by atoms with Crippen LogP contribution in [-0.2, 0) is 20.2 Å². The summed E-state index contributed by atoms with van der Waals surface area (Å²) in [4.78, 5) is 4.61. The van der Waals surface area contributed by atoms with Gasteiger partial charge in [0.1, 0.15) is 5.75 Å². The monoisotopic (exact) mass is 495 g/mol. The second kappa shape index (κ2) is 9.13. The number of aromatic nitrogens is 2. The van der Waals surface area contributed by atoms with Crippen molar-refractivity contribution in [3.8, 4) is 5.75 Å². The number of nitrogens with zero attached hydrogens (tertiary/aromatic N) is 3. The average Bonchev–Trinajstić information content (AvgIpc) is 2.99. The highest BCUT2D eigenvalue weighted by Gasteiger charge is 2.31. The highest BCUT2D eigenvalue weighted by molar-refractivity contribution is 6.42. The maximum atomic E-state index is 12.6. The van der Waals surface area contributed by atoms with Crippen molar-refractivity contribution < 1.29 is 23.0 Å². The van der Waals surface area contributed by atoms with Gasteiger partial charge in [-0.15, -0.1) is 13.2 Å². The zero-order valence-corrected chi connectivity index (χ0v) is 18.8. The second-order valence-electron chi connectivity index (χ2n) is 7.33. The van der Waals surface area contributed by atoms with Gasteiger partial charge in [-0.05, 0) is 35.4 Å². The standard InChI is InChI=1S/C23H18Cl2F3N3O2/c1-30-20-10-18(24)19(25)11-21(20)31(12-14-5-7-15(13-32)8-6-14)22(30)29-16-3-2-4-17(9-16)33-23(26,27)28/h2-11,32H,12-13H2,1H3. The van der Waals surface area contributed by atoms with Crippen molar-refractivity contribution in [2.45, 2.75) is 19.5 Å². The number of hydrogen-bond donors (Lipinski definition) is 1. The lowest BCUT2D eigenvalue weighted by molar-refractivity contribution is -0.274. The third kappa shape index (κ3) is 5.19. The van der Waals surface area contributed by atoms with Crippen molar-refractivity contribution in [3.63, 3.8) is 0 Å². The zero-order chi connectivity index (χ0) is 23.8. The first kappa shape index (κ1) is 23.2. The van der Waals surface area contributed by atoms with Gasteiger partial charge in [-0.25, -0.2) is 4.99 Å². The van der Waals surface area contributed by atoms with Crippen molar-refractivity contribution in [1.29, 1.82) is 0 Å². The molecule has 0 unspecified atom stereocenters. The number of aliphatic hydroxyl groups excluding tert-OH is 1. The van der Waals surface area contributed by atoms with E-state index in [4.69, 9.17) is 23.2 Å². The Balaban J connectivity index is 1.89. The second-order valence-corrected chi connectivity index (χ2v) is 8.15. The van der Waals surface area contributed by atoms with Gasteiger partial charge >= 0.3 is 6.36 Å². The minimum Gasteiger partial charge on any atom is -0.406 e. The quantitative estimate of drug-likeness (QED) is 0.371. The summed E-state index contributed by atoms with van der Waals surface area (Å²) in [5.74, 6) is -0.361. The highest BCUT2D eigenvalue weighted by atomic mass is 35.5. The van der Waals surface area contributed by atoms with Crippen LogP contribution in [0.4, 0.5) is 18.9 Å². The van der Waals surface area contributed by atoms with E-state index in [1.165, 1.54) is 18.2 Å². The molecule has 0 saturated heterocycles. The van der Waals surface area contributed by atoms with Crippen LogP contribution < -0.4 is 10.4 Å². The van der Waals surface area contributed by atoms with Crippen LogP contribution in [0.5, 0.6) is 5.75 Å². The van der Waals surface area contributed by atoms with Gasteiger partial charge in [0.25, 0.3) is 0 Å². The lowest BCUT2D eigenvalue weighted by Gasteiger charge is -2.09. The molecule has 0 spiro atoms. The molecule has 0 atom stereocenters. The number of ether oxygens (including phenoxy) is 1. The number of fused-ring (bicyclic) bond motifs is 1. The van der Waals surface area contributed by atoms with Crippen molar-refractivity contribution in [3.05, 3.63) is 87.5 Å². The molecule has 33 heavy (non-hydrogen) atoms. The van der Waals surface area contributed by atoms with Crippen LogP contribution in [0.25, 0.3) is 11.0 Å². The van der Waals surface area contributed by atoms with Crippen LogP contribution in [0.1, 0.15) is 11.1 Å². The summed E-state index contributed by atoms with van der Waals surface area (Å²) in [5.41, 5.74) is 3.96. The van der Waals surface area contributed by atoms with Crippen LogP contribution in [0, 0.1) is 0 Å². The Bertz CT molecular complexity index is 1380. The summed E-state index contributed by atoms with van der Waals surface area (Å²) in [5, 5.41) is 10.0. The molecular weight excluding hydrogens is 478 g/mol. The van der Waals surface area contributed by atoms with Crippen molar-refractivity contribution in [1.82, 2.24) is 9.13 Å². The van der Waals surface area contributed by atoms with Crippen LogP contribution in [0.2, 0.25) is 10.0 Å². The number of aryl methyl sites for hydroxylation is 1. The normalized spacial score (nSPS) is 12.5. The van der Waals surface area contributed by atoms with Gasteiger partial charge in [0.15, 0.2) is 0 Å². The first-order valence-corrected chi connectivity index (χ1v) is 10.5. The van der Waals surface area contributed by atoms with E-state index in [1.54, 1.807) is 29.8 Å². The number of halogens is 5. The Hall–Kier alpha value is -2.94. The lowest BCUT2D eigenvalue weighted by atomic mass is 10.1. The molecule has 0 radical (unpaired) electrons. The first-order chi connectivity index (χ1) is 15.6. The zero-order valence-electron chi connectivity index (χ0n) is 17.3. The molecule has 1 heterocycles. The third-order valence-corrected chi connectivity index (χ3v) is 5.76. The predicted molar refractivity (Wildman–Crippen MR) is 121 cm³/mol. The van der Waals surface area contributed by atoms with Crippen LogP contribution >= 0.6 is 23.2 Å². The van der Waals surface area contributed by atoms with Gasteiger partial charge in [0.2, 0.25) is 5.62 Å². The van der Waals surface area contributed by atoms with Crippen molar-refractivity contribution in [2.75, 3.05) is 0 Å². The fraction of sp³-hybridized carbons (Fsp3) is 0.174. The van der Waals surface area contributed by atoms with E-state index in [0.29, 0.717) is 22.2 Å². The minimum atomic E-state index is -4.80. The van der Waals surface area contributed by atoms with Crippen LogP contribution in [0.15, 0.2) is 65.7 Å². The van der Waals surface area contributed by atoms with Crippen molar-refractivity contribution >= 4 is 39.9 Å². The SMILES string of the molecule is Cn1c(=Nc2cccc(OC(F)(F)F)c2)n(Cc2ccc(CO)cc2)c2cc(Cl)c(Cl)cc21. The Labute approximate surface area is 196 Å². The summed E-state index contributed by atoms with van der Waals surface area (Å²) in [7, 11) is 1.78. The van der Waals surface area contributed by atoms with Crippen molar-refractivity contribution in [2.24, 2.45) is 12.0 Å². The number of imidazole rings is 1. The van der Waals surface area contributed by atoms with Crippen LogP contribution in [-0.4, -0.2) is 20.6 Å². The summed E-state index contributed by atoms with van der Waals surface area (Å²) in [6, 6.07) is 16.3. The molecule has 4 rings (SSSR count). The molecule has 0 fully saturated rings. The summed E-state index contributed by atoms with van der Waals surface area (Å²) < 4.78 is 45.6. The molecule has 4 aromatic rings. The molecule has 3 aromatic carbocycles. The molecule has 1 aromatic heterocycles. The maximum absolute atomic E-state index is 12.6. The minimum absolute atomic E-state index is 0.0628. The van der Waals surface area contributed by atoms with E-state index in [1.807, 2.05) is 28.8 Å². The molecule has 0 aliphatic heterocycles. The fourth-order valence-corrected chi connectivity index (χ4v) is 3.81. The molecule has 0 saturated carbocycles. The Morgan fingerprint density at radius 2 is 1.58 bits per heavy atom. The average molecular weight is 496 g/mol. The lowest BCUT2D eigenvalue weighted by Crippen LogP contribution is -2.24. The fourth-order valence-electron chi connectivity index (χ4n) is 3.50. The van der Waals surface area contributed by atoms with E-state index >= 15 is 0 Å². The molecular formula is C23H18Cl2F3N3O2. The number of rotatable bonds is 5. The van der Waals surface area contributed by atoms with E-state index in [9.17, 15) is 18.3 Å². The van der Waals surface area contributed by atoms with Gasteiger partial charge in [-0.2, -0.15) is 0 Å². The van der Waals surface area contributed by atoms with Gasteiger partial charge in [-0.1, -0.05) is 53.5 Å². The van der Waals surface area contributed by atoms with Gasteiger partial charge < -0.3 is 19.0 Å². The highest BCUT2D eigenvalue weighted by Crippen LogP contribution is 2.29. The van der Waals surface area contributed by atoms with E-state index in [0.717, 1.165) is 22.2 Å². The molecule has 1 N–H and O–H groups in total. The smallest absolute Gasteiger partial charge is 0.406 e. The summed E-state index contributed by atoms with van der Waals surface area (Å²) in [6.45, 7) is 0.339. The molecule has 0 aliphatic carbocycles. The largest absolute Gasteiger partial charge is 0.573 e. The van der Waals surface area contributed by atoms with Gasteiger partial charge in [0, 0.05) is 13.1 Å². The molecule has 5 nitrogen and oxygen atoms in total. The number of benzene rings is 3. The third-order valence-electron chi connectivity index (χ3n) is 5.04. The molecule has 0 amide bonds. The van der Waals surface area contributed by atoms with E-state index in [-0.39, 0.29) is 18.0 Å². The number of aliphatic hydroxyl groups is 1. The topological polar surface area (TPSA) is 51.7 Å². The summed E-state index contributed by atoms with van der Waals surface area (Å²) >= 11 is 12.5. The van der Waals surface area contributed by atoms with E-state index < -0.39 is 6.36 Å². The van der Waals surface area contributed by atoms with E-state index in [2.05, 4.69) is 9.73 Å². The first-order valence-electron chi connectivity index (χ1n) is 9.78. The summed E-state index contributed by atoms with van der Waals surface area (Å²) in [6.07, 6.45) is -4.80. The van der Waals surface area contributed by atoms with Crippen LogP contribution in [0.3, 0.4) is 0 Å². The molecule has 10 heteroatoms. The van der Waals surface area contributed by atoms with Gasteiger partial charge in [-0.3, -0.25) is 0 Å². The molecule has 0 bridgehead atoms. The molecule has 0 aliphatic rings. The predicted octanol–water partition coefficient (Wildman–Crippen LogP) is 5.96. The van der Waals surface area contributed by atoms with Gasteiger partial charge in [0.05, 0.1) is 39.9 Å². The Kier molecular flexibility index (Phi) is 6.43.